The number of nitrogens with zero attached hydrogens (tertiary/aromatic N) is 4. The van der Waals surface area contributed by atoms with Crippen molar-refractivity contribution in [3.63, 3.8) is 0 Å². The molecule has 0 aliphatic rings. The van der Waals surface area contributed by atoms with Crippen molar-refractivity contribution in [3.05, 3.63) is 59.4 Å². The molecule has 0 amide bonds. The largest absolute Gasteiger partial charge is 0.487 e. The standard InChI is InChI=1S/C21H21ClN6O/c1-12(29-18-6-4-3-5-15(18)22)11-28-13(2)25-17-8-7-16(26-21(17)28)14-9-19(23)27-20(24)10-14/h3-10,12H,11H2,1-2H3,(H4,23,24,27)/t12-/m1/s1. The average molecular weight is 409 g/mol. The number of benzene rings is 1. The highest BCUT2D eigenvalue weighted by molar-refractivity contribution is 6.32. The van der Waals surface area contributed by atoms with Crippen LogP contribution >= 0.6 is 11.6 Å². The van der Waals surface area contributed by atoms with Crippen LogP contribution in [0.1, 0.15) is 12.7 Å². The fraction of sp³-hybridized carbons (Fsp3) is 0.190. The number of aryl methyl sites for hydroxylation is 1. The molecule has 0 saturated carbocycles. The molecule has 7 nitrogen and oxygen atoms in total. The van der Waals surface area contributed by atoms with Crippen LogP contribution in [-0.4, -0.2) is 25.6 Å². The van der Waals surface area contributed by atoms with Crippen LogP contribution < -0.4 is 16.2 Å². The predicted octanol–water partition coefficient (Wildman–Crippen LogP) is 4.09. The maximum Gasteiger partial charge on any atom is 0.160 e. The topological polar surface area (TPSA) is 105 Å². The molecule has 4 rings (SSSR count). The summed E-state index contributed by atoms with van der Waals surface area (Å²) in [4.78, 5) is 13.4. The Labute approximate surface area is 173 Å². The number of rotatable bonds is 5. The molecule has 4 aromatic rings. The minimum atomic E-state index is -0.135. The molecule has 0 spiro atoms. The van der Waals surface area contributed by atoms with E-state index in [9.17, 15) is 0 Å². The molecule has 29 heavy (non-hydrogen) atoms. The van der Waals surface area contributed by atoms with Crippen LogP contribution in [0.4, 0.5) is 11.6 Å². The van der Waals surface area contributed by atoms with Crippen molar-refractivity contribution in [3.8, 4) is 17.0 Å². The second kappa shape index (κ2) is 7.60. The van der Waals surface area contributed by atoms with E-state index in [2.05, 4.69) is 9.97 Å². The quantitative estimate of drug-likeness (QED) is 0.515. The molecule has 4 N–H and O–H groups in total. The van der Waals surface area contributed by atoms with Crippen LogP contribution in [0, 0.1) is 6.92 Å². The summed E-state index contributed by atoms with van der Waals surface area (Å²) >= 11 is 6.21. The lowest BCUT2D eigenvalue weighted by molar-refractivity contribution is 0.200. The molecule has 3 heterocycles. The number of hydrogen-bond donors (Lipinski definition) is 2. The molecule has 3 aromatic heterocycles. The van der Waals surface area contributed by atoms with E-state index in [4.69, 9.17) is 32.8 Å². The molecule has 1 aromatic carbocycles. The SMILES string of the molecule is Cc1nc2ccc(-c3cc(N)nc(N)c3)nc2n1C[C@@H](C)Oc1ccccc1Cl. The summed E-state index contributed by atoms with van der Waals surface area (Å²) < 4.78 is 8.05. The number of ether oxygens (including phenoxy) is 1. The van der Waals surface area contributed by atoms with Crippen LogP contribution in [0.3, 0.4) is 0 Å². The number of fused-ring (bicyclic) bond motifs is 1. The minimum absolute atomic E-state index is 0.135. The van der Waals surface area contributed by atoms with Crippen LogP contribution in [0.5, 0.6) is 5.75 Å². The third kappa shape index (κ3) is 3.95. The van der Waals surface area contributed by atoms with Gasteiger partial charge in [-0.05, 0) is 50.2 Å². The van der Waals surface area contributed by atoms with Gasteiger partial charge in [-0.25, -0.2) is 15.0 Å². The van der Waals surface area contributed by atoms with E-state index in [1.807, 2.05) is 48.7 Å². The molecule has 0 aliphatic heterocycles. The molecular formula is C21H21ClN6O. The molecule has 0 bridgehead atoms. The Morgan fingerprint density at radius 1 is 1.03 bits per heavy atom. The molecule has 0 radical (unpaired) electrons. The number of pyridine rings is 2. The normalized spacial score (nSPS) is 12.2. The summed E-state index contributed by atoms with van der Waals surface area (Å²) in [5.74, 6) is 2.22. The van der Waals surface area contributed by atoms with Crippen molar-refractivity contribution in [1.82, 2.24) is 19.5 Å². The number of nitrogen functional groups attached to an aromatic ring is 2. The van der Waals surface area contributed by atoms with Gasteiger partial charge in [0.2, 0.25) is 0 Å². The first kappa shape index (κ1) is 19.0. The number of para-hydroxylation sites is 1. The second-order valence-electron chi connectivity index (χ2n) is 6.87. The first-order valence-corrected chi connectivity index (χ1v) is 9.57. The second-order valence-corrected chi connectivity index (χ2v) is 7.28. The van der Waals surface area contributed by atoms with Crippen LogP contribution in [-0.2, 0) is 6.54 Å². The van der Waals surface area contributed by atoms with Crippen molar-refractivity contribution in [2.24, 2.45) is 0 Å². The van der Waals surface area contributed by atoms with Crippen molar-refractivity contribution >= 4 is 34.4 Å². The Morgan fingerprint density at radius 2 is 1.76 bits per heavy atom. The van der Waals surface area contributed by atoms with E-state index in [1.165, 1.54) is 0 Å². The molecule has 0 saturated heterocycles. The number of nitrogens with two attached hydrogens (primary N) is 2. The zero-order chi connectivity index (χ0) is 20.5. The van der Waals surface area contributed by atoms with Gasteiger partial charge in [0.1, 0.15) is 34.8 Å². The van der Waals surface area contributed by atoms with Crippen LogP contribution in [0.25, 0.3) is 22.4 Å². The summed E-state index contributed by atoms with van der Waals surface area (Å²) in [6, 6.07) is 14.8. The number of hydrogen-bond acceptors (Lipinski definition) is 6. The van der Waals surface area contributed by atoms with Crippen LogP contribution in [0.15, 0.2) is 48.5 Å². The van der Waals surface area contributed by atoms with Crippen molar-refractivity contribution in [2.75, 3.05) is 11.5 Å². The smallest absolute Gasteiger partial charge is 0.160 e. The lowest BCUT2D eigenvalue weighted by Gasteiger charge is -2.17. The van der Waals surface area contributed by atoms with Gasteiger partial charge in [-0.1, -0.05) is 23.7 Å². The van der Waals surface area contributed by atoms with E-state index in [0.717, 1.165) is 28.2 Å². The lowest BCUT2D eigenvalue weighted by Crippen LogP contribution is -2.20. The fourth-order valence-electron chi connectivity index (χ4n) is 3.27. The zero-order valence-corrected chi connectivity index (χ0v) is 16.9. The van der Waals surface area contributed by atoms with E-state index in [-0.39, 0.29) is 6.10 Å². The molecule has 8 heteroatoms. The summed E-state index contributed by atoms with van der Waals surface area (Å²) in [7, 11) is 0. The molecular weight excluding hydrogens is 388 g/mol. The number of halogens is 1. The predicted molar refractivity (Wildman–Crippen MR) is 116 cm³/mol. The summed E-state index contributed by atoms with van der Waals surface area (Å²) in [6.45, 7) is 4.51. The van der Waals surface area contributed by atoms with Gasteiger partial charge in [-0.15, -0.1) is 0 Å². The van der Waals surface area contributed by atoms with Gasteiger partial charge < -0.3 is 20.8 Å². The first-order valence-electron chi connectivity index (χ1n) is 9.19. The fourth-order valence-corrected chi connectivity index (χ4v) is 3.45. The maximum atomic E-state index is 6.21. The molecule has 0 aliphatic carbocycles. The highest BCUT2D eigenvalue weighted by atomic mass is 35.5. The lowest BCUT2D eigenvalue weighted by atomic mass is 10.1. The first-order chi connectivity index (χ1) is 13.9. The number of aromatic nitrogens is 4. The third-order valence-corrected chi connectivity index (χ3v) is 4.86. The van der Waals surface area contributed by atoms with E-state index < -0.39 is 0 Å². The van der Waals surface area contributed by atoms with Crippen molar-refractivity contribution in [1.29, 1.82) is 0 Å². The zero-order valence-electron chi connectivity index (χ0n) is 16.1. The van der Waals surface area contributed by atoms with Gasteiger partial charge in [-0.2, -0.15) is 0 Å². The van der Waals surface area contributed by atoms with Crippen LogP contribution in [0.2, 0.25) is 5.02 Å². The van der Waals surface area contributed by atoms with Gasteiger partial charge in [0, 0.05) is 5.56 Å². The Kier molecular flexibility index (Phi) is 4.98. The van der Waals surface area contributed by atoms with Gasteiger partial charge >= 0.3 is 0 Å². The van der Waals surface area contributed by atoms with Gasteiger partial charge in [0.15, 0.2) is 5.65 Å². The number of imidazole rings is 1. The van der Waals surface area contributed by atoms with Gasteiger partial charge in [0.25, 0.3) is 0 Å². The van der Waals surface area contributed by atoms with E-state index in [1.54, 1.807) is 18.2 Å². The number of anilines is 2. The molecule has 148 valence electrons. The van der Waals surface area contributed by atoms with Crippen molar-refractivity contribution < 1.29 is 4.74 Å². The highest BCUT2D eigenvalue weighted by Gasteiger charge is 2.15. The summed E-state index contributed by atoms with van der Waals surface area (Å²) in [6.07, 6.45) is -0.135. The van der Waals surface area contributed by atoms with Gasteiger partial charge in [0.05, 0.1) is 17.3 Å². The van der Waals surface area contributed by atoms with Crippen molar-refractivity contribution in [2.45, 2.75) is 26.5 Å². The van der Waals surface area contributed by atoms with E-state index in [0.29, 0.717) is 29.0 Å². The Hall–Kier alpha value is -3.32. The molecule has 1 atom stereocenters. The highest BCUT2D eigenvalue weighted by Crippen LogP contribution is 2.26. The van der Waals surface area contributed by atoms with E-state index >= 15 is 0 Å². The Balaban J connectivity index is 1.67. The molecule has 0 fully saturated rings. The summed E-state index contributed by atoms with van der Waals surface area (Å²) in [5, 5.41) is 0.583. The third-order valence-electron chi connectivity index (χ3n) is 4.55. The molecule has 0 unspecified atom stereocenters. The Morgan fingerprint density at radius 3 is 2.48 bits per heavy atom. The minimum Gasteiger partial charge on any atom is -0.487 e. The Bertz CT molecular complexity index is 1170. The monoisotopic (exact) mass is 408 g/mol. The average Bonchev–Trinajstić information content (AvgIpc) is 2.97. The maximum absolute atomic E-state index is 6.21. The summed E-state index contributed by atoms with van der Waals surface area (Å²) in [5.41, 5.74) is 14.8. The van der Waals surface area contributed by atoms with Gasteiger partial charge in [-0.3, -0.25) is 0 Å².